The van der Waals surface area contributed by atoms with E-state index in [2.05, 4.69) is 20.1 Å². The van der Waals surface area contributed by atoms with E-state index in [0.717, 1.165) is 44.1 Å². The second-order valence-corrected chi connectivity index (χ2v) is 6.43. The van der Waals surface area contributed by atoms with Crippen LogP contribution in [-0.4, -0.2) is 39.3 Å². The molecule has 3 heterocycles. The quantitative estimate of drug-likeness (QED) is 0.782. The molecule has 2 aromatic rings. The summed E-state index contributed by atoms with van der Waals surface area (Å²) in [5.74, 6) is 1.99. The molecule has 0 amide bonds. The second kappa shape index (κ2) is 6.76. The summed E-state index contributed by atoms with van der Waals surface area (Å²) in [6.45, 7) is 3.16. The summed E-state index contributed by atoms with van der Waals surface area (Å²) < 4.78 is 11.6. The maximum absolute atomic E-state index is 5.82. The van der Waals surface area contributed by atoms with Crippen molar-refractivity contribution in [3.8, 4) is 0 Å². The minimum atomic E-state index is 0.296. The van der Waals surface area contributed by atoms with Crippen molar-refractivity contribution in [2.24, 2.45) is 0 Å². The van der Waals surface area contributed by atoms with Crippen molar-refractivity contribution in [1.29, 1.82) is 0 Å². The highest BCUT2D eigenvalue weighted by Crippen LogP contribution is 2.39. The largest absolute Gasteiger partial charge is 0.424 e. The van der Waals surface area contributed by atoms with Gasteiger partial charge in [0.05, 0.1) is 18.3 Å². The van der Waals surface area contributed by atoms with Crippen LogP contribution < -0.4 is 0 Å². The molecule has 0 aromatic carbocycles. The predicted molar refractivity (Wildman–Crippen MR) is 83.6 cm³/mol. The van der Waals surface area contributed by atoms with E-state index in [9.17, 15) is 0 Å². The van der Waals surface area contributed by atoms with Gasteiger partial charge in [-0.2, -0.15) is 0 Å². The molecule has 4 rings (SSSR count). The molecular weight excluding hydrogens is 292 g/mol. The van der Waals surface area contributed by atoms with Gasteiger partial charge in [0.1, 0.15) is 0 Å². The first-order chi connectivity index (χ1) is 11.4. The van der Waals surface area contributed by atoms with Crippen molar-refractivity contribution in [2.75, 3.05) is 13.2 Å². The molecule has 6 heteroatoms. The zero-order chi connectivity index (χ0) is 15.5. The maximum Gasteiger partial charge on any atom is 0.230 e. The Kier molecular flexibility index (Phi) is 4.35. The molecular formula is C17H22N4O2. The fraction of sp³-hybridized carbons (Fsp3) is 0.588. The Morgan fingerprint density at radius 1 is 1.13 bits per heavy atom. The van der Waals surface area contributed by atoms with Crippen LogP contribution in [0.3, 0.4) is 0 Å². The number of ether oxygens (including phenoxy) is 1. The van der Waals surface area contributed by atoms with E-state index in [1.165, 1.54) is 12.8 Å². The van der Waals surface area contributed by atoms with E-state index >= 15 is 0 Å². The predicted octanol–water partition coefficient (Wildman–Crippen LogP) is 2.52. The molecule has 23 heavy (non-hydrogen) atoms. The fourth-order valence-corrected chi connectivity index (χ4v) is 3.00. The fourth-order valence-electron chi connectivity index (χ4n) is 3.00. The van der Waals surface area contributed by atoms with Crippen LogP contribution in [0.15, 0.2) is 28.8 Å². The van der Waals surface area contributed by atoms with Gasteiger partial charge in [-0.3, -0.25) is 9.88 Å². The van der Waals surface area contributed by atoms with Gasteiger partial charge in [-0.1, -0.05) is 6.07 Å². The molecule has 1 aliphatic carbocycles. The third kappa shape index (κ3) is 3.95. The van der Waals surface area contributed by atoms with Crippen molar-refractivity contribution >= 4 is 0 Å². The SMILES string of the molecule is c1ccc(CN(Cc2nnc(C3CC3)o2)CC2CCCO2)nc1. The topological polar surface area (TPSA) is 64.3 Å². The molecule has 2 aromatic heterocycles. The van der Waals surface area contributed by atoms with Crippen LogP contribution in [0.2, 0.25) is 0 Å². The average molecular weight is 314 g/mol. The lowest BCUT2D eigenvalue weighted by atomic mass is 10.2. The van der Waals surface area contributed by atoms with Gasteiger partial charge < -0.3 is 9.15 Å². The van der Waals surface area contributed by atoms with Crippen molar-refractivity contribution in [2.45, 2.75) is 50.8 Å². The Bertz CT molecular complexity index is 621. The number of aromatic nitrogens is 3. The Morgan fingerprint density at radius 3 is 2.83 bits per heavy atom. The highest BCUT2D eigenvalue weighted by molar-refractivity contribution is 5.04. The molecule has 0 N–H and O–H groups in total. The number of nitrogens with zero attached hydrogens (tertiary/aromatic N) is 4. The van der Waals surface area contributed by atoms with Crippen molar-refractivity contribution in [3.05, 3.63) is 41.9 Å². The van der Waals surface area contributed by atoms with Crippen LogP contribution >= 0.6 is 0 Å². The summed E-state index contributed by atoms with van der Waals surface area (Å²) in [5.41, 5.74) is 1.05. The van der Waals surface area contributed by atoms with Crippen molar-refractivity contribution < 1.29 is 9.15 Å². The van der Waals surface area contributed by atoms with Gasteiger partial charge in [0.25, 0.3) is 0 Å². The molecule has 0 radical (unpaired) electrons. The first-order valence-corrected chi connectivity index (χ1v) is 8.43. The summed E-state index contributed by atoms with van der Waals surface area (Å²) >= 11 is 0. The molecule has 2 fully saturated rings. The van der Waals surface area contributed by atoms with Crippen LogP contribution in [0.4, 0.5) is 0 Å². The van der Waals surface area contributed by atoms with Gasteiger partial charge in [0, 0.05) is 31.8 Å². The van der Waals surface area contributed by atoms with Crippen LogP contribution in [-0.2, 0) is 17.8 Å². The van der Waals surface area contributed by atoms with E-state index in [-0.39, 0.29) is 0 Å². The first kappa shape index (κ1) is 14.8. The third-order valence-electron chi connectivity index (χ3n) is 4.37. The Morgan fingerprint density at radius 2 is 2.09 bits per heavy atom. The molecule has 1 unspecified atom stereocenters. The van der Waals surface area contributed by atoms with E-state index < -0.39 is 0 Å². The number of hydrogen-bond donors (Lipinski definition) is 0. The van der Waals surface area contributed by atoms with Gasteiger partial charge in [0.2, 0.25) is 11.8 Å². The van der Waals surface area contributed by atoms with Gasteiger partial charge in [-0.25, -0.2) is 0 Å². The monoisotopic (exact) mass is 314 g/mol. The van der Waals surface area contributed by atoms with E-state index in [1.54, 1.807) is 0 Å². The molecule has 0 bridgehead atoms. The standard InChI is InChI=1S/C17H22N4O2/c1-2-8-18-14(4-1)10-21(11-15-5-3-9-22-15)12-16-19-20-17(23-16)13-6-7-13/h1-2,4,8,13,15H,3,5-7,9-12H2. The molecule has 2 aliphatic rings. The second-order valence-electron chi connectivity index (χ2n) is 6.43. The smallest absolute Gasteiger partial charge is 0.230 e. The lowest BCUT2D eigenvalue weighted by molar-refractivity contribution is 0.0642. The van der Waals surface area contributed by atoms with Gasteiger partial charge in [-0.15, -0.1) is 10.2 Å². The Hall–Kier alpha value is -1.79. The van der Waals surface area contributed by atoms with Crippen LogP contribution in [0.25, 0.3) is 0 Å². The summed E-state index contributed by atoms with van der Waals surface area (Å²) in [5, 5.41) is 8.39. The molecule has 122 valence electrons. The normalized spacial score (nSPS) is 21.2. The van der Waals surface area contributed by atoms with Crippen molar-refractivity contribution in [1.82, 2.24) is 20.1 Å². The molecule has 6 nitrogen and oxygen atoms in total. The number of rotatable bonds is 7. The first-order valence-electron chi connectivity index (χ1n) is 8.43. The van der Waals surface area contributed by atoms with Crippen molar-refractivity contribution in [3.63, 3.8) is 0 Å². The van der Waals surface area contributed by atoms with E-state index in [0.29, 0.717) is 24.5 Å². The highest BCUT2D eigenvalue weighted by Gasteiger charge is 2.30. The number of pyridine rings is 1. The minimum absolute atomic E-state index is 0.296. The van der Waals surface area contributed by atoms with Crippen LogP contribution in [0.1, 0.15) is 49.1 Å². The molecule has 1 aliphatic heterocycles. The summed E-state index contributed by atoms with van der Waals surface area (Å²) in [6, 6.07) is 6.00. The van der Waals surface area contributed by atoms with Gasteiger partial charge >= 0.3 is 0 Å². The molecule has 1 saturated carbocycles. The molecule has 1 atom stereocenters. The highest BCUT2D eigenvalue weighted by atomic mass is 16.5. The van der Waals surface area contributed by atoms with E-state index in [1.807, 2.05) is 24.4 Å². The lowest BCUT2D eigenvalue weighted by Gasteiger charge is -2.23. The average Bonchev–Trinajstić information content (AvgIpc) is 3.09. The van der Waals surface area contributed by atoms with E-state index in [4.69, 9.17) is 9.15 Å². The third-order valence-corrected chi connectivity index (χ3v) is 4.37. The lowest BCUT2D eigenvalue weighted by Crippen LogP contribution is -2.31. The summed E-state index contributed by atoms with van der Waals surface area (Å²) in [4.78, 5) is 6.72. The van der Waals surface area contributed by atoms with Gasteiger partial charge in [0.15, 0.2) is 0 Å². The van der Waals surface area contributed by atoms with Crippen LogP contribution in [0.5, 0.6) is 0 Å². The minimum Gasteiger partial charge on any atom is -0.424 e. The molecule has 1 saturated heterocycles. The maximum atomic E-state index is 5.82. The van der Waals surface area contributed by atoms with Gasteiger partial charge in [-0.05, 0) is 37.8 Å². The zero-order valence-electron chi connectivity index (χ0n) is 13.2. The zero-order valence-corrected chi connectivity index (χ0v) is 13.2. The molecule has 0 spiro atoms. The van der Waals surface area contributed by atoms with Crippen LogP contribution in [0, 0.1) is 0 Å². The number of hydrogen-bond acceptors (Lipinski definition) is 6. The summed E-state index contributed by atoms with van der Waals surface area (Å²) in [6.07, 6.45) is 6.75. The summed E-state index contributed by atoms with van der Waals surface area (Å²) in [7, 11) is 0. The Labute approximate surface area is 135 Å². The Balaban J connectivity index is 1.43.